The van der Waals surface area contributed by atoms with Crippen LogP contribution in [0.1, 0.15) is 19.8 Å². The molecule has 5 nitrogen and oxygen atoms in total. The standard InChI is InChI=1S/C9H18N2O3/c1-4-7(11(2)3)9(14)10-6-5-8(12)13/h7H,4-6H2,1-3H3,(H,10,14)(H,12,13)/i1+1,6+1. The Labute approximate surface area is 84.1 Å². The summed E-state index contributed by atoms with van der Waals surface area (Å²) in [6, 6.07) is -0.177. The molecule has 0 aliphatic rings. The molecule has 1 atom stereocenters. The number of hydrogen-bond acceptors (Lipinski definition) is 3. The molecule has 1 amide bonds. The maximum Gasteiger partial charge on any atom is 0.305 e. The highest BCUT2D eigenvalue weighted by Crippen LogP contribution is 1.98. The SMILES string of the molecule is CN(C)C(C[13CH3])C(=O)N[13CH2]CC(=O)O. The van der Waals surface area contributed by atoms with Crippen LogP contribution in [0.15, 0.2) is 0 Å². The zero-order valence-electron chi connectivity index (χ0n) is 8.91. The van der Waals surface area contributed by atoms with Gasteiger partial charge in [0.25, 0.3) is 0 Å². The van der Waals surface area contributed by atoms with Crippen molar-refractivity contribution in [3.05, 3.63) is 0 Å². The van der Waals surface area contributed by atoms with Crippen LogP contribution in [0.3, 0.4) is 0 Å². The Morgan fingerprint density at radius 2 is 2.00 bits per heavy atom. The summed E-state index contributed by atoms with van der Waals surface area (Å²) >= 11 is 0. The van der Waals surface area contributed by atoms with E-state index in [1.165, 1.54) is 0 Å². The molecular formula is C9H18N2O3. The van der Waals surface area contributed by atoms with Gasteiger partial charge in [0, 0.05) is 6.54 Å². The van der Waals surface area contributed by atoms with E-state index in [9.17, 15) is 9.59 Å². The predicted octanol–water partition coefficient (Wildman–Crippen LogP) is -0.0825. The molecule has 0 saturated carbocycles. The Kier molecular flexibility index (Phi) is 5.87. The van der Waals surface area contributed by atoms with Gasteiger partial charge in [0.15, 0.2) is 0 Å². The molecule has 5 heteroatoms. The molecular weight excluding hydrogens is 186 g/mol. The number of aliphatic carboxylic acids is 1. The second-order valence-electron chi connectivity index (χ2n) is 3.32. The molecule has 0 bridgehead atoms. The van der Waals surface area contributed by atoms with Crippen molar-refractivity contribution < 1.29 is 14.7 Å². The fraction of sp³-hybridized carbons (Fsp3) is 0.778. The topological polar surface area (TPSA) is 69.6 Å². The number of hydrogen-bond donors (Lipinski definition) is 2. The highest BCUT2D eigenvalue weighted by molar-refractivity contribution is 5.82. The van der Waals surface area contributed by atoms with E-state index >= 15 is 0 Å². The zero-order chi connectivity index (χ0) is 11.1. The highest BCUT2D eigenvalue weighted by Gasteiger charge is 2.17. The Bertz CT molecular complexity index is 204. The number of carboxylic acids is 1. The van der Waals surface area contributed by atoms with E-state index in [2.05, 4.69) is 5.32 Å². The number of amides is 1. The first kappa shape index (κ1) is 12.9. The van der Waals surface area contributed by atoms with E-state index < -0.39 is 5.97 Å². The van der Waals surface area contributed by atoms with E-state index in [4.69, 9.17) is 5.11 Å². The summed E-state index contributed by atoms with van der Waals surface area (Å²) in [5.74, 6) is -1.01. The number of nitrogens with zero attached hydrogens (tertiary/aromatic N) is 1. The molecule has 0 aliphatic carbocycles. The minimum atomic E-state index is -0.900. The third kappa shape index (κ3) is 4.81. The zero-order valence-corrected chi connectivity index (χ0v) is 8.91. The molecule has 82 valence electrons. The lowest BCUT2D eigenvalue weighted by Gasteiger charge is -2.21. The fourth-order valence-corrected chi connectivity index (χ4v) is 1.20. The first-order valence-corrected chi connectivity index (χ1v) is 4.65. The van der Waals surface area contributed by atoms with E-state index in [-0.39, 0.29) is 24.9 Å². The van der Waals surface area contributed by atoms with E-state index in [0.717, 1.165) is 0 Å². The average Bonchev–Trinajstić information content (AvgIpc) is 2.03. The summed E-state index contributed by atoms with van der Waals surface area (Å²) < 4.78 is 0. The monoisotopic (exact) mass is 204 g/mol. The van der Waals surface area contributed by atoms with Gasteiger partial charge in [-0.1, -0.05) is 6.92 Å². The van der Waals surface area contributed by atoms with Crippen molar-refractivity contribution in [2.45, 2.75) is 25.8 Å². The molecule has 0 heterocycles. The van der Waals surface area contributed by atoms with E-state index in [1.807, 2.05) is 25.9 Å². The molecule has 0 aliphatic heterocycles. The van der Waals surface area contributed by atoms with Crippen LogP contribution in [-0.4, -0.2) is 48.6 Å². The minimum Gasteiger partial charge on any atom is -0.481 e. The summed E-state index contributed by atoms with van der Waals surface area (Å²) in [6.07, 6.45) is 0.682. The van der Waals surface area contributed by atoms with Crippen LogP contribution in [0.2, 0.25) is 0 Å². The third-order valence-corrected chi connectivity index (χ3v) is 1.95. The average molecular weight is 204 g/mol. The van der Waals surface area contributed by atoms with Gasteiger partial charge in [-0.2, -0.15) is 0 Å². The van der Waals surface area contributed by atoms with Gasteiger partial charge in [-0.05, 0) is 20.5 Å². The first-order valence-electron chi connectivity index (χ1n) is 4.65. The van der Waals surface area contributed by atoms with Crippen molar-refractivity contribution in [2.24, 2.45) is 0 Å². The van der Waals surface area contributed by atoms with Crippen molar-refractivity contribution >= 4 is 11.9 Å². The van der Waals surface area contributed by atoms with Gasteiger partial charge >= 0.3 is 5.97 Å². The molecule has 14 heavy (non-hydrogen) atoms. The first-order chi connectivity index (χ1) is 6.49. The number of carbonyl (C=O) groups is 2. The van der Waals surface area contributed by atoms with Gasteiger partial charge < -0.3 is 10.4 Å². The quantitative estimate of drug-likeness (QED) is 0.594. The molecule has 0 spiro atoms. The normalized spacial score (nSPS) is 12.6. The molecule has 0 saturated heterocycles. The van der Waals surface area contributed by atoms with Crippen molar-refractivity contribution in [1.29, 1.82) is 0 Å². The maximum atomic E-state index is 11.5. The van der Waals surface area contributed by atoms with E-state index in [1.54, 1.807) is 0 Å². The number of likely N-dealkylation sites (N-methyl/N-ethyl adjacent to an activating group) is 1. The van der Waals surface area contributed by atoms with Crippen LogP contribution in [0.4, 0.5) is 0 Å². The largest absolute Gasteiger partial charge is 0.481 e. The van der Waals surface area contributed by atoms with Crippen LogP contribution in [0.25, 0.3) is 0 Å². The highest BCUT2D eigenvalue weighted by atomic mass is 16.4. The van der Waals surface area contributed by atoms with Crippen molar-refractivity contribution in [3.63, 3.8) is 0 Å². The third-order valence-electron chi connectivity index (χ3n) is 1.95. The van der Waals surface area contributed by atoms with Crippen molar-refractivity contribution in [1.82, 2.24) is 10.2 Å². The molecule has 1 unspecified atom stereocenters. The number of rotatable bonds is 6. The summed E-state index contributed by atoms with van der Waals surface area (Å²) in [5, 5.41) is 11.0. The van der Waals surface area contributed by atoms with Gasteiger partial charge in [-0.3, -0.25) is 14.5 Å². The fourth-order valence-electron chi connectivity index (χ4n) is 1.20. The Hall–Kier alpha value is -1.10. The summed E-state index contributed by atoms with van der Waals surface area (Å²) in [4.78, 5) is 23.5. The molecule has 0 aromatic carbocycles. The maximum absolute atomic E-state index is 11.5. The Morgan fingerprint density at radius 1 is 1.43 bits per heavy atom. The number of nitrogens with one attached hydrogen (secondary N) is 1. The lowest BCUT2D eigenvalue weighted by atomic mass is 10.2. The van der Waals surface area contributed by atoms with Gasteiger partial charge in [0.2, 0.25) is 5.91 Å². The van der Waals surface area contributed by atoms with Gasteiger partial charge in [0.1, 0.15) is 0 Å². The van der Waals surface area contributed by atoms with E-state index in [0.29, 0.717) is 6.42 Å². The van der Waals surface area contributed by atoms with Crippen molar-refractivity contribution in [3.8, 4) is 0 Å². The van der Waals surface area contributed by atoms with Crippen LogP contribution < -0.4 is 5.32 Å². The molecule has 0 aromatic rings. The summed E-state index contributed by atoms with van der Waals surface area (Å²) in [7, 11) is 3.65. The van der Waals surface area contributed by atoms with Crippen LogP contribution in [-0.2, 0) is 9.59 Å². The molecule has 0 fully saturated rings. The second-order valence-corrected chi connectivity index (χ2v) is 3.32. The number of carboxylic acid groups (broad SMARTS) is 1. The molecule has 0 rings (SSSR count). The van der Waals surface area contributed by atoms with Gasteiger partial charge in [-0.25, -0.2) is 0 Å². The molecule has 2 N–H and O–H groups in total. The molecule has 0 radical (unpaired) electrons. The smallest absolute Gasteiger partial charge is 0.305 e. The Morgan fingerprint density at radius 3 is 2.36 bits per heavy atom. The van der Waals surface area contributed by atoms with Crippen LogP contribution in [0, 0.1) is 0 Å². The number of carbonyl (C=O) groups excluding carboxylic acids is 1. The minimum absolute atomic E-state index is 0.0321. The Balaban J connectivity index is 3.87. The van der Waals surface area contributed by atoms with Crippen molar-refractivity contribution in [2.75, 3.05) is 20.6 Å². The predicted molar refractivity (Wildman–Crippen MR) is 53.0 cm³/mol. The van der Waals surface area contributed by atoms with Gasteiger partial charge in [0.05, 0.1) is 12.5 Å². The van der Waals surface area contributed by atoms with Gasteiger partial charge in [-0.15, -0.1) is 0 Å². The lowest BCUT2D eigenvalue weighted by molar-refractivity contribution is -0.137. The van der Waals surface area contributed by atoms with Crippen LogP contribution in [0.5, 0.6) is 0 Å². The summed E-state index contributed by atoms with van der Waals surface area (Å²) in [5.41, 5.74) is 0. The lowest BCUT2D eigenvalue weighted by Crippen LogP contribution is -2.43. The summed E-state index contributed by atoms with van der Waals surface area (Å²) in [6.45, 7) is 2.11. The molecule has 0 aromatic heterocycles. The second kappa shape index (κ2) is 6.37. The van der Waals surface area contributed by atoms with Crippen LogP contribution >= 0.6 is 0 Å².